The third-order valence-corrected chi connectivity index (χ3v) is 3.27. The van der Waals surface area contributed by atoms with Gasteiger partial charge in [-0.25, -0.2) is 0 Å². The maximum Gasteiger partial charge on any atom is 0.220 e. The highest BCUT2D eigenvalue weighted by Crippen LogP contribution is 2.34. The highest BCUT2D eigenvalue weighted by atomic mass is 16.3. The molecular weight excluding hydrogens is 190 g/mol. The predicted molar refractivity (Wildman–Crippen MR) is 57.8 cm³/mol. The molecule has 1 fully saturated rings. The molecule has 0 radical (unpaired) electrons. The Balaban J connectivity index is 2.29. The van der Waals surface area contributed by atoms with E-state index >= 15 is 0 Å². The third-order valence-electron chi connectivity index (χ3n) is 3.27. The van der Waals surface area contributed by atoms with E-state index in [2.05, 4.69) is 18.3 Å². The van der Waals surface area contributed by atoms with E-state index < -0.39 is 0 Å². The average molecular weight is 207 g/mol. The van der Waals surface area contributed by atoms with Gasteiger partial charge in [-0.15, -0.1) is 0 Å². The zero-order valence-electron chi connectivity index (χ0n) is 9.52. The van der Waals surface area contributed by atoms with Crippen LogP contribution in [0.25, 0.3) is 0 Å². The Morgan fingerprint density at radius 2 is 2.20 bits per heavy atom. The van der Waals surface area contributed by atoms with Crippen LogP contribution in [0.4, 0.5) is 0 Å². The molecule has 1 aliphatic rings. The lowest BCUT2D eigenvalue weighted by atomic mass is 9.76. The van der Waals surface area contributed by atoms with Gasteiger partial charge in [-0.2, -0.15) is 0 Å². The molecule has 1 N–H and O–H groups in total. The van der Waals surface area contributed by atoms with E-state index in [4.69, 9.17) is 4.42 Å². The average Bonchev–Trinajstić information content (AvgIpc) is 2.52. The van der Waals surface area contributed by atoms with Crippen LogP contribution in [-0.4, -0.2) is 12.5 Å². The number of carbonyl (C=O) groups excluding carboxylic acids is 1. The second kappa shape index (κ2) is 3.40. The van der Waals surface area contributed by atoms with E-state index in [1.54, 1.807) is 0 Å². The van der Waals surface area contributed by atoms with Crippen molar-refractivity contribution in [3.63, 3.8) is 0 Å². The Kier molecular flexibility index (Phi) is 2.33. The van der Waals surface area contributed by atoms with Crippen LogP contribution in [-0.2, 0) is 10.2 Å². The van der Waals surface area contributed by atoms with Crippen molar-refractivity contribution >= 4 is 5.91 Å². The van der Waals surface area contributed by atoms with Gasteiger partial charge in [-0.3, -0.25) is 4.79 Å². The molecule has 0 aromatic carbocycles. The molecule has 1 aromatic rings. The number of carbonyl (C=O) groups is 1. The summed E-state index contributed by atoms with van der Waals surface area (Å²) in [5, 5.41) is 2.93. The molecule has 0 aliphatic carbocycles. The van der Waals surface area contributed by atoms with Gasteiger partial charge < -0.3 is 9.73 Å². The summed E-state index contributed by atoms with van der Waals surface area (Å²) in [4.78, 5) is 11.1. The van der Waals surface area contributed by atoms with E-state index in [0.717, 1.165) is 17.9 Å². The highest BCUT2D eigenvalue weighted by Gasteiger charge is 2.34. The van der Waals surface area contributed by atoms with Crippen LogP contribution in [0, 0.1) is 13.8 Å². The summed E-state index contributed by atoms with van der Waals surface area (Å²) >= 11 is 0. The number of furan rings is 1. The highest BCUT2D eigenvalue weighted by molar-refractivity contribution is 5.77. The van der Waals surface area contributed by atoms with E-state index in [9.17, 15) is 4.79 Å². The SMILES string of the molecule is Cc1cc(C2(C)CCC(=O)NC2)c(C)o1. The van der Waals surface area contributed by atoms with Crippen LogP contribution in [0.5, 0.6) is 0 Å². The minimum Gasteiger partial charge on any atom is -0.466 e. The number of aryl methyl sites for hydroxylation is 2. The third kappa shape index (κ3) is 1.78. The molecule has 1 amide bonds. The lowest BCUT2D eigenvalue weighted by Crippen LogP contribution is -2.44. The second-order valence-electron chi connectivity index (χ2n) is 4.66. The van der Waals surface area contributed by atoms with Crippen molar-refractivity contribution in [3.8, 4) is 0 Å². The zero-order chi connectivity index (χ0) is 11.1. The molecule has 0 bridgehead atoms. The first kappa shape index (κ1) is 10.3. The molecule has 3 nitrogen and oxygen atoms in total. The van der Waals surface area contributed by atoms with Crippen molar-refractivity contribution in [2.24, 2.45) is 0 Å². The standard InChI is InChI=1S/C12H17NO2/c1-8-6-10(9(2)15-8)12(3)5-4-11(14)13-7-12/h6H,4-5,7H2,1-3H3,(H,13,14). The van der Waals surface area contributed by atoms with E-state index in [1.807, 2.05) is 13.8 Å². The van der Waals surface area contributed by atoms with Gasteiger partial charge in [-0.05, 0) is 26.3 Å². The molecule has 2 heterocycles. The number of rotatable bonds is 1. The monoisotopic (exact) mass is 207 g/mol. The Labute approximate surface area is 89.9 Å². The Hall–Kier alpha value is -1.25. The van der Waals surface area contributed by atoms with Crippen LogP contribution in [0.1, 0.15) is 36.8 Å². The maximum absolute atomic E-state index is 11.1. The first-order chi connectivity index (χ1) is 7.01. The van der Waals surface area contributed by atoms with Gasteiger partial charge in [0.15, 0.2) is 0 Å². The Morgan fingerprint density at radius 1 is 1.47 bits per heavy atom. The lowest BCUT2D eigenvalue weighted by Gasteiger charge is -2.33. The number of piperidine rings is 1. The molecule has 0 spiro atoms. The number of nitrogens with one attached hydrogen (secondary N) is 1. The molecule has 0 saturated carbocycles. The van der Waals surface area contributed by atoms with Crippen LogP contribution in [0.15, 0.2) is 10.5 Å². The second-order valence-corrected chi connectivity index (χ2v) is 4.66. The molecule has 1 atom stereocenters. The van der Waals surface area contributed by atoms with Crippen LogP contribution >= 0.6 is 0 Å². The maximum atomic E-state index is 11.1. The largest absolute Gasteiger partial charge is 0.466 e. The van der Waals surface area contributed by atoms with Gasteiger partial charge in [0.25, 0.3) is 0 Å². The van der Waals surface area contributed by atoms with Crippen molar-refractivity contribution in [2.45, 2.75) is 39.0 Å². The summed E-state index contributed by atoms with van der Waals surface area (Å²) < 4.78 is 5.55. The Morgan fingerprint density at radius 3 is 2.67 bits per heavy atom. The number of amides is 1. The van der Waals surface area contributed by atoms with Gasteiger partial charge in [0.05, 0.1) is 0 Å². The van der Waals surface area contributed by atoms with Crippen molar-refractivity contribution in [2.75, 3.05) is 6.54 Å². The summed E-state index contributed by atoms with van der Waals surface area (Å²) in [7, 11) is 0. The number of hydrogen-bond donors (Lipinski definition) is 1. The summed E-state index contributed by atoms with van der Waals surface area (Å²) in [6, 6.07) is 2.09. The zero-order valence-corrected chi connectivity index (χ0v) is 9.52. The summed E-state index contributed by atoms with van der Waals surface area (Å²) in [5.74, 6) is 2.08. The molecule has 82 valence electrons. The van der Waals surface area contributed by atoms with Gasteiger partial charge >= 0.3 is 0 Å². The van der Waals surface area contributed by atoms with Gasteiger partial charge in [0, 0.05) is 23.9 Å². The van der Waals surface area contributed by atoms with Crippen LogP contribution < -0.4 is 5.32 Å². The van der Waals surface area contributed by atoms with Gasteiger partial charge in [0.1, 0.15) is 11.5 Å². The summed E-state index contributed by atoms with van der Waals surface area (Å²) in [6.07, 6.45) is 1.51. The van der Waals surface area contributed by atoms with E-state index in [1.165, 1.54) is 5.56 Å². The van der Waals surface area contributed by atoms with Crippen molar-refractivity contribution in [1.29, 1.82) is 0 Å². The summed E-state index contributed by atoms with van der Waals surface area (Å²) in [5.41, 5.74) is 1.27. The fourth-order valence-corrected chi connectivity index (χ4v) is 2.32. The first-order valence-electron chi connectivity index (χ1n) is 5.35. The summed E-state index contributed by atoms with van der Waals surface area (Å²) in [6.45, 7) is 6.85. The molecular formula is C12H17NO2. The van der Waals surface area contributed by atoms with E-state index in [0.29, 0.717) is 13.0 Å². The molecule has 1 aromatic heterocycles. The minimum absolute atomic E-state index is 0.0375. The molecule has 1 saturated heterocycles. The first-order valence-corrected chi connectivity index (χ1v) is 5.35. The van der Waals surface area contributed by atoms with Crippen LogP contribution in [0.3, 0.4) is 0 Å². The van der Waals surface area contributed by atoms with Crippen molar-refractivity contribution < 1.29 is 9.21 Å². The topological polar surface area (TPSA) is 42.2 Å². The molecule has 1 unspecified atom stereocenters. The molecule has 1 aliphatic heterocycles. The molecule has 15 heavy (non-hydrogen) atoms. The predicted octanol–water partition coefficient (Wildman–Crippen LogP) is 2.06. The smallest absolute Gasteiger partial charge is 0.220 e. The Bertz CT molecular complexity index is 382. The van der Waals surface area contributed by atoms with Gasteiger partial charge in [-0.1, -0.05) is 6.92 Å². The number of hydrogen-bond acceptors (Lipinski definition) is 2. The molecule has 3 heteroatoms. The molecule has 2 rings (SSSR count). The van der Waals surface area contributed by atoms with Gasteiger partial charge in [0.2, 0.25) is 5.91 Å². The lowest BCUT2D eigenvalue weighted by molar-refractivity contribution is -0.123. The fourth-order valence-electron chi connectivity index (χ4n) is 2.32. The van der Waals surface area contributed by atoms with Crippen molar-refractivity contribution in [3.05, 3.63) is 23.2 Å². The normalized spacial score (nSPS) is 26.5. The minimum atomic E-state index is 0.0375. The quantitative estimate of drug-likeness (QED) is 0.766. The van der Waals surface area contributed by atoms with Crippen molar-refractivity contribution in [1.82, 2.24) is 5.32 Å². The fraction of sp³-hybridized carbons (Fsp3) is 0.583. The van der Waals surface area contributed by atoms with Crippen LogP contribution in [0.2, 0.25) is 0 Å². The van der Waals surface area contributed by atoms with E-state index in [-0.39, 0.29) is 11.3 Å².